The van der Waals surface area contributed by atoms with Crippen molar-refractivity contribution in [1.29, 1.82) is 0 Å². The van der Waals surface area contributed by atoms with E-state index in [0.717, 1.165) is 24.5 Å². The van der Waals surface area contributed by atoms with Crippen LogP contribution in [0.25, 0.3) is 11.0 Å². The summed E-state index contributed by atoms with van der Waals surface area (Å²) in [4.78, 5) is 4.79. The van der Waals surface area contributed by atoms with Crippen LogP contribution in [0.3, 0.4) is 0 Å². The maximum Gasteiger partial charge on any atom is 0.109 e. The van der Waals surface area contributed by atoms with E-state index in [4.69, 9.17) is 4.98 Å². The van der Waals surface area contributed by atoms with Crippen LogP contribution in [0.1, 0.15) is 38.1 Å². The molecule has 3 heteroatoms. The van der Waals surface area contributed by atoms with E-state index in [-0.39, 0.29) is 0 Å². The highest BCUT2D eigenvalue weighted by atomic mass is 15.1. The van der Waals surface area contributed by atoms with Crippen LogP contribution >= 0.6 is 0 Å². The van der Waals surface area contributed by atoms with Gasteiger partial charge in [-0.3, -0.25) is 0 Å². The molecule has 1 aliphatic rings. The lowest BCUT2D eigenvalue weighted by molar-refractivity contribution is 0.606. The Morgan fingerprint density at radius 1 is 1.37 bits per heavy atom. The Morgan fingerprint density at radius 3 is 2.84 bits per heavy atom. The van der Waals surface area contributed by atoms with Crippen molar-refractivity contribution in [1.82, 2.24) is 14.9 Å². The van der Waals surface area contributed by atoms with Crippen LogP contribution in [0, 0.1) is 5.92 Å². The first-order chi connectivity index (χ1) is 9.13. The zero-order valence-electron chi connectivity index (χ0n) is 12.1. The van der Waals surface area contributed by atoms with Crippen molar-refractivity contribution in [3.63, 3.8) is 0 Å². The summed E-state index contributed by atoms with van der Waals surface area (Å²) in [7, 11) is 2.12. The quantitative estimate of drug-likeness (QED) is 0.892. The minimum Gasteiger partial charge on any atom is -0.331 e. The number of hydrogen-bond acceptors (Lipinski definition) is 2. The van der Waals surface area contributed by atoms with Gasteiger partial charge in [-0.15, -0.1) is 0 Å². The summed E-state index contributed by atoms with van der Waals surface area (Å²) in [5.41, 5.74) is 3.72. The highest BCUT2D eigenvalue weighted by Crippen LogP contribution is 2.21. The van der Waals surface area contributed by atoms with Gasteiger partial charge in [-0.1, -0.05) is 19.9 Å². The summed E-state index contributed by atoms with van der Waals surface area (Å²) >= 11 is 0. The van der Waals surface area contributed by atoms with Gasteiger partial charge in [0.05, 0.1) is 11.0 Å². The van der Waals surface area contributed by atoms with E-state index in [1.165, 1.54) is 29.7 Å². The smallest absolute Gasteiger partial charge is 0.109 e. The van der Waals surface area contributed by atoms with Gasteiger partial charge in [0.25, 0.3) is 0 Å². The minimum absolute atomic E-state index is 0.645. The lowest BCUT2D eigenvalue weighted by atomic mass is 10.1. The number of fused-ring (bicyclic) bond motifs is 1. The molecule has 1 aliphatic carbocycles. The Bertz CT molecular complexity index is 579. The van der Waals surface area contributed by atoms with Crippen molar-refractivity contribution < 1.29 is 0 Å². The summed E-state index contributed by atoms with van der Waals surface area (Å²) < 4.78 is 2.23. The van der Waals surface area contributed by atoms with Gasteiger partial charge in [0, 0.05) is 26.1 Å². The zero-order chi connectivity index (χ0) is 13.4. The Hall–Kier alpha value is -1.35. The van der Waals surface area contributed by atoms with Crippen LogP contribution in [0.4, 0.5) is 0 Å². The first-order valence-corrected chi connectivity index (χ1v) is 7.31. The van der Waals surface area contributed by atoms with E-state index in [2.05, 4.69) is 49.0 Å². The van der Waals surface area contributed by atoms with Crippen molar-refractivity contribution in [2.24, 2.45) is 13.0 Å². The zero-order valence-corrected chi connectivity index (χ0v) is 12.1. The number of imidazole rings is 1. The second-order valence-electron chi connectivity index (χ2n) is 6.16. The number of benzene rings is 1. The number of nitrogens with zero attached hydrogens (tertiary/aromatic N) is 2. The van der Waals surface area contributed by atoms with Gasteiger partial charge in [0.2, 0.25) is 0 Å². The summed E-state index contributed by atoms with van der Waals surface area (Å²) in [5, 5.41) is 3.56. The van der Waals surface area contributed by atoms with Crippen molar-refractivity contribution in [2.75, 3.05) is 0 Å². The van der Waals surface area contributed by atoms with Gasteiger partial charge < -0.3 is 9.88 Å². The SMILES string of the molecule is CC(C)Cc1nc2cc(CNC3CC3)ccc2n1C. The fourth-order valence-electron chi connectivity index (χ4n) is 2.50. The van der Waals surface area contributed by atoms with E-state index in [9.17, 15) is 0 Å². The Balaban J connectivity index is 1.84. The predicted molar refractivity (Wildman–Crippen MR) is 79.1 cm³/mol. The molecule has 0 aliphatic heterocycles. The standard InChI is InChI=1S/C16H23N3/c1-11(2)8-16-18-14-9-12(10-17-13-5-6-13)4-7-15(14)19(16)3/h4,7,9,11,13,17H,5-6,8,10H2,1-3H3. The van der Waals surface area contributed by atoms with E-state index >= 15 is 0 Å². The second-order valence-corrected chi connectivity index (χ2v) is 6.16. The van der Waals surface area contributed by atoms with Gasteiger partial charge in [-0.05, 0) is 36.5 Å². The number of rotatable bonds is 5. The van der Waals surface area contributed by atoms with Gasteiger partial charge in [0.15, 0.2) is 0 Å². The van der Waals surface area contributed by atoms with E-state index < -0.39 is 0 Å². The van der Waals surface area contributed by atoms with Crippen molar-refractivity contribution >= 4 is 11.0 Å². The topological polar surface area (TPSA) is 29.9 Å². The van der Waals surface area contributed by atoms with Crippen LogP contribution in [0.15, 0.2) is 18.2 Å². The molecule has 1 aromatic heterocycles. The number of aryl methyl sites for hydroxylation is 1. The molecule has 1 saturated carbocycles. The highest BCUT2D eigenvalue weighted by Gasteiger charge is 2.20. The number of nitrogens with one attached hydrogen (secondary N) is 1. The maximum absolute atomic E-state index is 4.79. The predicted octanol–water partition coefficient (Wildman–Crippen LogP) is 3.02. The van der Waals surface area contributed by atoms with Crippen molar-refractivity contribution in [2.45, 2.75) is 45.7 Å². The second kappa shape index (κ2) is 4.97. The lowest BCUT2D eigenvalue weighted by Crippen LogP contribution is -2.15. The minimum atomic E-state index is 0.645. The number of aromatic nitrogens is 2. The first kappa shape index (κ1) is 12.7. The first-order valence-electron chi connectivity index (χ1n) is 7.31. The molecule has 0 unspecified atom stereocenters. The van der Waals surface area contributed by atoms with E-state index in [1.54, 1.807) is 0 Å². The maximum atomic E-state index is 4.79. The Morgan fingerprint density at radius 2 is 2.16 bits per heavy atom. The van der Waals surface area contributed by atoms with Gasteiger partial charge in [-0.2, -0.15) is 0 Å². The molecule has 0 saturated heterocycles. The molecule has 102 valence electrons. The molecule has 1 fully saturated rings. The van der Waals surface area contributed by atoms with Gasteiger partial charge >= 0.3 is 0 Å². The third kappa shape index (κ3) is 2.81. The van der Waals surface area contributed by atoms with Crippen LogP contribution in [0.2, 0.25) is 0 Å². The molecule has 1 aromatic carbocycles. The molecule has 0 radical (unpaired) electrons. The lowest BCUT2D eigenvalue weighted by Gasteiger charge is -2.05. The average molecular weight is 257 g/mol. The third-order valence-electron chi connectivity index (χ3n) is 3.80. The molecule has 0 amide bonds. The van der Waals surface area contributed by atoms with Gasteiger partial charge in [0.1, 0.15) is 5.82 Å². The monoisotopic (exact) mass is 257 g/mol. The molecular formula is C16H23N3. The van der Waals surface area contributed by atoms with E-state index in [0.29, 0.717) is 5.92 Å². The van der Waals surface area contributed by atoms with Crippen LogP contribution < -0.4 is 5.32 Å². The molecule has 1 N–H and O–H groups in total. The van der Waals surface area contributed by atoms with Crippen LogP contribution in [-0.4, -0.2) is 15.6 Å². The van der Waals surface area contributed by atoms with Crippen molar-refractivity contribution in [3.8, 4) is 0 Å². The summed E-state index contributed by atoms with van der Waals surface area (Å²) in [6.45, 7) is 5.45. The molecule has 0 spiro atoms. The molecule has 3 nitrogen and oxygen atoms in total. The number of hydrogen-bond donors (Lipinski definition) is 1. The molecule has 0 bridgehead atoms. The average Bonchev–Trinajstić information content (AvgIpc) is 3.14. The third-order valence-corrected chi connectivity index (χ3v) is 3.80. The highest BCUT2D eigenvalue weighted by molar-refractivity contribution is 5.76. The largest absolute Gasteiger partial charge is 0.331 e. The molecule has 2 aromatic rings. The molecule has 0 atom stereocenters. The van der Waals surface area contributed by atoms with Crippen molar-refractivity contribution in [3.05, 3.63) is 29.6 Å². The molecule has 19 heavy (non-hydrogen) atoms. The molecule has 1 heterocycles. The normalized spacial score (nSPS) is 15.6. The molecular weight excluding hydrogens is 234 g/mol. The van der Waals surface area contributed by atoms with Gasteiger partial charge in [-0.25, -0.2) is 4.98 Å². The van der Waals surface area contributed by atoms with Crippen LogP contribution in [0.5, 0.6) is 0 Å². The van der Waals surface area contributed by atoms with Crippen LogP contribution in [-0.2, 0) is 20.0 Å². The summed E-state index contributed by atoms with van der Waals surface area (Å²) in [5.74, 6) is 1.84. The Labute approximate surface area is 115 Å². The fourth-order valence-corrected chi connectivity index (χ4v) is 2.50. The molecule has 3 rings (SSSR count). The fraction of sp³-hybridized carbons (Fsp3) is 0.562. The van der Waals surface area contributed by atoms with E-state index in [1.807, 2.05) is 0 Å². The summed E-state index contributed by atoms with van der Waals surface area (Å²) in [6, 6.07) is 7.42. The summed E-state index contributed by atoms with van der Waals surface area (Å²) in [6.07, 6.45) is 3.72. The Kier molecular flexibility index (Phi) is 3.31.